The summed E-state index contributed by atoms with van der Waals surface area (Å²) in [6.45, 7) is 10.1. The van der Waals surface area contributed by atoms with Crippen LogP contribution >= 0.6 is 0 Å². The fraction of sp³-hybridized carbons (Fsp3) is 1.00. The zero-order chi connectivity index (χ0) is 13.1. The van der Waals surface area contributed by atoms with E-state index in [-0.39, 0.29) is 5.60 Å². The predicted molar refractivity (Wildman–Crippen MR) is 75.7 cm³/mol. The monoisotopic (exact) mass is 254 g/mol. The van der Waals surface area contributed by atoms with Gasteiger partial charge in [-0.1, -0.05) is 6.92 Å². The summed E-state index contributed by atoms with van der Waals surface area (Å²) in [5.41, 5.74) is 6.28. The topological polar surface area (TPSA) is 38.5 Å². The summed E-state index contributed by atoms with van der Waals surface area (Å²) < 4.78 is 6.02. The van der Waals surface area contributed by atoms with E-state index in [2.05, 4.69) is 18.7 Å². The molecule has 2 fully saturated rings. The average molecular weight is 254 g/mol. The average Bonchev–Trinajstić information content (AvgIpc) is 2.36. The number of likely N-dealkylation sites (tertiary alicyclic amines) is 1. The number of ether oxygens (including phenoxy) is 1. The molecule has 106 valence electrons. The Morgan fingerprint density at radius 3 is 2.89 bits per heavy atom. The minimum Gasteiger partial charge on any atom is -0.375 e. The van der Waals surface area contributed by atoms with Gasteiger partial charge in [0.05, 0.1) is 5.60 Å². The van der Waals surface area contributed by atoms with Gasteiger partial charge < -0.3 is 15.4 Å². The highest BCUT2D eigenvalue weighted by Gasteiger charge is 2.44. The van der Waals surface area contributed by atoms with Crippen LogP contribution in [0.2, 0.25) is 0 Å². The van der Waals surface area contributed by atoms with Crippen LogP contribution < -0.4 is 5.73 Å². The highest BCUT2D eigenvalue weighted by atomic mass is 16.5. The molecular weight excluding hydrogens is 224 g/mol. The molecular formula is C15H30N2O. The van der Waals surface area contributed by atoms with E-state index < -0.39 is 0 Å². The first kappa shape index (κ1) is 14.3. The summed E-state index contributed by atoms with van der Waals surface area (Å²) in [6, 6.07) is 0. The lowest BCUT2D eigenvalue weighted by Gasteiger charge is -2.50. The third kappa shape index (κ3) is 3.25. The number of rotatable bonds is 4. The molecule has 0 amide bonds. The van der Waals surface area contributed by atoms with Crippen molar-refractivity contribution in [3.05, 3.63) is 0 Å². The quantitative estimate of drug-likeness (QED) is 0.837. The molecule has 2 aliphatic heterocycles. The summed E-state index contributed by atoms with van der Waals surface area (Å²) in [7, 11) is 0. The number of hydrogen-bond donors (Lipinski definition) is 1. The molecule has 18 heavy (non-hydrogen) atoms. The molecule has 3 heteroatoms. The van der Waals surface area contributed by atoms with Crippen LogP contribution in [-0.4, -0.2) is 43.3 Å². The highest BCUT2D eigenvalue weighted by Crippen LogP contribution is 2.45. The van der Waals surface area contributed by atoms with Gasteiger partial charge in [0.25, 0.3) is 0 Å². The Kier molecular flexibility index (Phi) is 4.68. The van der Waals surface area contributed by atoms with Gasteiger partial charge in [0.1, 0.15) is 0 Å². The fourth-order valence-electron chi connectivity index (χ4n) is 3.84. The van der Waals surface area contributed by atoms with Crippen LogP contribution in [0, 0.1) is 5.41 Å². The van der Waals surface area contributed by atoms with Gasteiger partial charge in [-0.2, -0.15) is 0 Å². The van der Waals surface area contributed by atoms with E-state index in [1.165, 1.54) is 45.3 Å². The second-order valence-corrected chi connectivity index (χ2v) is 6.60. The third-order valence-corrected chi connectivity index (χ3v) is 5.00. The van der Waals surface area contributed by atoms with Crippen LogP contribution in [0.15, 0.2) is 0 Å². The second kappa shape index (κ2) is 5.89. The maximum Gasteiger partial charge on any atom is 0.0657 e. The van der Waals surface area contributed by atoms with Gasteiger partial charge in [0.2, 0.25) is 0 Å². The van der Waals surface area contributed by atoms with Crippen molar-refractivity contribution in [3.63, 3.8) is 0 Å². The maximum absolute atomic E-state index is 6.02. The summed E-state index contributed by atoms with van der Waals surface area (Å²) in [5.74, 6) is 0. The Balaban J connectivity index is 1.97. The molecule has 2 N–H and O–H groups in total. The van der Waals surface area contributed by atoms with Crippen molar-refractivity contribution in [1.29, 1.82) is 0 Å². The van der Waals surface area contributed by atoms with Crippen molar-refractivity contribution in [2.45, 2.75) is 58.0 Å². The fourth-order valence-corrected chi connectivity index (χ4v) is 3.84. The molecule has 0 aromatic carbocycles. The number of hydrogen-bond acceptors (Lipinski definition) is 3. The zero-order valence-electron chi connectivity index (χ0n) is 12.2. The van der Waals surface area contributed by atoms with Gasteiger partial charge in [-0.25, -0.2) is 0 Å². The largest absolute Gasteiger partial charge is 0.375 e. The van der Waals surface area contributed by atoms with Crippen molar-refractivity contribution in [1.82, 2.24) is 4.90 Å². The van der Waals surface area contributed by atoms with Crippen molar-refractivity contribution >= 4 is 0 Å². The molecule has 0 bridgehead atoms. The number of nitrogens with zero attached hydrogens (tertiary/aromatic N) is 1. The third-order valence-electron chi connectivity index (χ3n) is 5.00. The van der Waals surface area contributed by atoms with E-state index in [0.717, 1.165) is 26.0 Å². The molecule has 0 radical (unpaired) electrons. The molecule has 0 aliphatic carbocycles. The van der Waals surface area contributed by atoms with Gasteiger partial charge >= 0.3 is 0 Å². The Bertz CT molecular complexity index is 267. The highest BCUT2D eigenvalue weighted by molar-refractivity contribution is 4.95. The molecule has 1 spiro atoms. The SMILES string of the molecule is CCC1(C)CC2(CCCN(CCCN)C2)CCO1. The predicted octanol–water partition coefficient (Wildman–Crippen LogP) is 2.40. The summed E-state index contributed by atoms with van der Waals surface area (Å²) in [5, 5.41) is 0. The lowest BCUT2D eigenvalue weighted by atomic mass is 9.68. The number of nitrogens with two attached hydrogens (primary N) is 1. The van der Waals surface area contributed by atoms with E-state index in [1.807, 2.05) is 0 Å². The Labute approximate surface area is 112 Å². The van der Waals surface area contributed by atoms with Crippen molar-refractivity contribution in [3.8, 4) is 0 Å². The molecule has 2 heterocycles. The summed E-state index contributed by atoms with van der Waals surface area (Å²) in [4.78, 5) is 2.64. The molecule has 2 unspecified atom stereocenters. The van der Waals surface area contributed by atoms with Gasteiger partial charge in [-0.3, -0.25) is 0 Å². The molecule has 2 saturated heterocycles. The van der Waals surface area contributed by atoms with E-state index in [9.17, 15) is 0 Å². The van der Waals surface area contributed by atoms with Crippen LogP contribution in [0.1, 0.15) is 52.4 Å². The van der Waals surface area contributed by atoms with Crippen LogP contribution in [0.25, 0.3) is 0 Å². The summed E-state index contributed by atoms with van der Waals surface area (Å²) in [6.07, 6.45) is 7.52. The minimum atomic E-state index is 0.120. The molecule has 0 aromatic rings. The minimum absolute atomic E-state index is 0.120. The molecule has 0 saturated carbocycles. The standard InChI is InChI=1S/C15H30N2O/c1-3-14(2)12-15(7-11-18-14)6-4-9-17(13-15)10-5-8-16/h3-13,16H2,1-2H3. The lowest BCUT2D eigenvalue weighted by Crippen LogP contribution is -2.51. The first-order valence-corrected chi connectivity index (χ1v) is 7.68. The van der Waals surface area contributed by atoms with Crippen LogP contribution in [0.4, 0.5) is 0 Å². The van der Waals surface area contributed by atoms with Gasteiger partial charge in [0, 0.05) is 13.2 Å². The van der Waals surface area contributed by atoms with Crippen LogP contribution in [0.5, 0.6) is 0 Å². The summed E-state index contributed by atoms with van der Waals surface area (Å²) >= 11 is 0. The molecule has 2 rings (SSSR count). The normalized spacial score (nSPS) is 38.2. The van der Waals surface area contributed by atoms with E-state index in [1.54, 1.807) is 0 Å². The Morgan fingerprint density at radius 2 is 2.17 bits per heavy atom. The molecule has 2 aliphatic rings. The van der Waals surface area contributed by atoms with Crippen LogP contribution in [-0.2, 0) is 4.74 Å². The maximum atomic E-state index is 6.02. The molecule has 3 nitrogen and oxygen atoms in total. The zero-order valence-corrected chi connectivity index (χ0v) is 12.2. The van der Waals surface area contributed by atoms with Crippen molar-refractivity contribution in [2.75, 3.05) is 32.8 Å². The van der Waals surface area contributed by atoms with Gasteiger partial charge in [-0.05, 0) is 70.5 Å². The van der Waals surface area contributed by atoms with Crippen molar-refractivity contribution in [2.24, 2.45) is 11.1 Å². The first-order chi connectivity index (χ1) is 8.61. The number of piperidine rings is 1. The molecule has 0 aromatic heterocycles. The molecule has 2 atom stereocenters. The van der Waals surface area contributed by atoms with E-state index in [4.69, 9.17) is 10.5 Å². The van der Waals surface area contributed by atoms with Gasteiger partial charge in [0.15, 0.2) is 0 Å². The first-order valence-electron chi connectivity index (χ1n) is 7.68. The van der Waals surface area contributed by atoms with Gasteiger partial charge in [-0.15, -0.1) is 0 Å². The van der Waals surface area contributed by atoms with Crippen LogP contribution in [0.3, 0.4) is 0 Å². The van der Waals surface area contributed by atoms with E-state index >= 15 is 0 Å². The Hall–Kier alpha value is -0.120. The van der Waals surface area contributed by atoms with E-state index in [0.29, 0.717) is 5.41 Å². The second-order valence-electron chi connectivity index (χ2n) is 6.60. The smallest absolute Gasteiger partial charge is 0.0657 e. The lowest BCUT2D eigenvalue weighted by molar-refractivity contribution is -0.133. The Morgan fingerprint density at radius 1 is 1.33 bits per heavy atom. The van der Waals surface area contributed by atoms with Crippen molar-refractivity contribution < 1.29 is 4.74 Å².